The zero-order chi connectivity index (χ0) is 24.6. The normalized spacial score (nSPS) is 19.9. The van der Waals surface area contributed by atoms with E-state index in [2.05, 4.69) is 4.98 Å². The van der Waals surface area contributed by atoms with Crippen molar-refractivity contribution in [2.75, 3.05) is 5.75 Å². The van der Waals surface area contributed by atoms with E-state index in [1.165, 1.54) is 12.3 Å². The summed E-state index contributed by atoms with van der Waals surface area (Å²) < 4.78 is 46.2. The van der Waals surface area contributed by atoms with E-state index in [0.29, 0.717) is 21.7 Å². The average molecular weight is 491 g/mol. The molecule has 1 fully saturated rings. The fraction of sp³-hybridized carbons (Fsp3) is 0.115. The van der Waals surface area contributed by atoms with Crippen LogP contribution in [0.2, 0.25) is 0 Å². The summed E-state index contributed by atoms with van der Waals surface area (Å²) in [5.74, 6) is -4.14. The van der Waals surface area contributed by atoms with Crippen molar-refractivity contribution in [3.8, 4) is 0 Å². The quantitative estimate of drug-likeness (QED) is 0.308. The number of aromatic nitrogens is 1. The van der Waals surface area contributed by atoms with Crippen LogP contribution in [0.4, 0.5) is 4.39 Å². The minimum atomic E-state index is -4.11. The van der Waals surface area contributed by atoms with Gasteiger partial charge >= 0.3 is 5.97 Å². The Hall–Kier alpha value is -4.11. The summed E-state index contributed by atoms with van der Waals surface area (Å²) in [6, 6.07) is 22.7. The molecule has 176 valence electrons. The molecule has 2 aliphatic rings. The fourth-order valence-electron chi connectivity index (χ4n) is 4.16. The molecule has 0 spiro atoms. The second-order valence-corrected chi connectivity index (χ2v) is 10.1. The molecule has 2 aliphatic heterocycles. The summed E-state index contributed by atoms with van der Waals surface area (Å²) in [5, 5.41) is -1.48. The molecule has 0 saturated carbocycles. The molecule has 9 heteroatoms. The molecule has 0 bridgehead atoms. The van der Waals surface area contributed by atoms with Gasteiger partial charge in [-0.15, -0.1) is 0 Å². The largest absolute Gasteiger partial charge is 0.448 e. The Balaban J connectivity index is 1.50. The van der Waals surface area contributed by atoms with Crippen LogP contribution in [0.25, 0.3) is 6.08 Å². The van der Waals surface area contributed by atoms with Gasteiger partial charge < -0.3 is 4.74 Å². The number of β-lactam (4-membered cyclic amide) rings is 1. The molecule has 1 amide bonds. The minimum absolute atomic E-state index is 0.0795. The number of esters is 1. The summed E-state index contributed by atoms with van der Waals surface area (Å²) in [7, 11) is -4.11. The van der Waals surface area contributed by atoms with Crippen molar-refractivity contribution in [1.82, 2.24) is 9.88 Å². The zero-order valence-electron chi connectivity index (χ0n) is 18.2. The molecular formula is C26H19FN2O5S. The Labute approximate surface area is 201 Å². The first-order valence-corrected chi connectivity index (χ1v) is 12.5. The number of ether oxygens (including phenoxy) is 1. The number of amides is 1. The van der Waals surface area contributed by atoms with E-state index in [1.807, 2.05) is 0 Å². The highest BCUT2D eigenvalue weighted by Gasteiger charge is 2.57. The van der Waals surface area contributed by atoms with Crippen molar-refractivity contribution in [3.63, 3.8) is 0 Å². The molecule has 1 saturated heterocycles. The predicted molar refractivity (Wildman–Crippen MR) is 126 cm³/mol. The number of halogens is 1. The topological polar surface area (TPSA) is 93.6 Å². The molecule has 3 aromatic rings. The van der Waals surface area contributed by atoms with Gasteiger partial charge in [-0.05, 0) is 29.3 Å². The van der Waals surface area contributed by atoms with Gasteiger partial charge in [0.25, 0.3) is 5.91 Å². The molecule has 7 nitrogen and oxygen atoms in total. The number of hydrogen-bond acceptors (Lipinski definition) is 6. The molecular weight excluding hydrogens is 471 g/mol. The molecule has 3 heterocycles. The first-order valence-electron chi connectivity index (χ1n) is 10.7. The zero-order valence-corrected chi connectivity index (χ0v) is 19.1. The van der Waals surface area contributed by atoms with Gasteiger partial charge in [0.2, 0.25) is 0 Å². The number of benzene rings is 2. The van der Waals surface area contributed by atoms with Crippen LogP contribution in [0, 0.1) is 0 Å². The number of rotatable bonds is 5. The van der Waals surface area contributed by atoms with Crippen LogP contribution in [0.1, 0.15) is 22.9 Å². The average Bonchev–Trinajstić information content (AvgIpc) is 2.86. The minimum Gasteiger partial charge on any atom is -0.448 e. The highest BCUT2D eigenvalue weighted by Crippen LogP contribution is 2.42. The maximum absolute atomic E-state index is 15.0. The first kappa shape index (κ1) is 22.7. The van der Waals surface area contributed by atoms with E-state index >= 15 is 4.39 Å². The van der Waals surface area contributed by atoms with Crippen molar-refractivity contribution < 1.29 is 27.1 Å². The molecule has 0 aliphatic carbocycles. The van der Waals surface area contributed by atoms with Gasteiger partial charge in [0.05, 0.1) is 11.3 Å². The molecule has 1 aromatic heterocycles. The summed E-state index contributed by atoms with van der Waals surface area (Å²) in [6.45, 7) is 0. The maximum atomic E-state index is 15.0. The molecule has 0 N–H and O–H groups in total. The second-order valence-electron chi connectivity index (χ2n) is 8.05. The van der Waals surface area contributed by atoms with Crippen molar-refractivity contribution in [1.29, 1.82) is 0 Å². The van der Waals surface area contributed by atoms with Crippen molar-refractivity contribution in [2.24, 2.45) is 0 Å². The number of fused-ring (bicyclic) bond motifs is 1. The highest BCUT2D eigenvalue weighted by atomic mass is 32.2. The van der Waals surface area contributed by atoms with Gasteiger partial charge in [-0.25, -0.2) is 17.6 Å². The number of sulfone groups is 1. The summed E-state index contributed by atoms with van der Waals surface area (Å²) in [4.78, 5) is 30.9. The Morgan fingerprint density at radius 2 is 1.60 bits per heavy atom. The number of carbonyl (C=O) groups is 2. The SMILES string of the molecule is O=C(OC(c1ccccc1)c1ccccc1)C1=C(F)CS(=O)(=O)[C@@H]2/C(=C\c3ccccn3)C(=O)N12. The smallest absolute Gasteiger partial charge is 0.358 e. The third-order valence-corrected chi connectivity index (χ3v) is 7.55. The lowest BCUT2D eigenvalue weighted by Crippen LogP contribution is -2.62. The monoisotopic (exact) mass is 490 g/mol. The fourth-order valence-corrected chi connectivity index (χ4v) is 5.89. The lowest BCUT2D eigenvalue weighted by Gasteiger charge is -2.44. The van der Waals surface area contributed by atoms with Gasteiger partial charge in [-0.2, -0.15) is 0 Å². The number of carbonyl (C=O) groups excluding carboxylic acids is 2. The maximum Gasteiger partial charge on any atom is 0.358 e. The second kappa shape index (κ2) is 8.92. The van der Waals surface area contributed by atoms with Crippen LogP contribution in [0.3, 0.4) is 0 Å². The summed E-state index contributed by atoms with van der Waals surface area (Å²) >= 11 is 0. The summed E-state index contributed by atoms with van der Waals surface area (Å²) in [5.41, 5.74) is 0.879. The van der Waals surface area contributed by atoms with E-state index < -0.39 is 50.5 Å². The van der Waals surface area contributed by atoms with Crippen LogP contribution in [-0.2, 0) is 24.2 Å². The molecule has 1 atom stereocenters. The van der Waals surface area contributed by atoms with Gasteiger partial charge in [0.1, 0.15) is 11.6 Å². The van der Waals surface area contributed by atoms with Crippen molar-refractivity contribution >= 4 is 27.8 Å². The van der Waals surface area contributed by atoms with Crippen molar-refractivity contribution in [3.05, 3.63) is 119 Å². The first-order chi connectivity index (χ1) is 16.9. The van der Waals surface area contributed by atoms with E-state index in [4.69, 9.17) is 4.74 Å². The number of pyridine rings is 1. The predicted octanol–water partition coefficient (Wildman–Crippen LogP) is 3.58. The van der Waals surface area contributed by atoms with Crippen LogP contribution in [0.15, 0.2) is 102 Å². The lowest BCUT2D eigenvalue weighted by molar-refractivity contribution is -0.149. The highest BCUT2D eigenvalue weighted by molar-refractivity contribution is 7.92. The van der Waals surface area contributed by atoms with Gasteiger partial charge in [-0.3, -0.25) is 14.7 Å². The lowest BCUT2D eigenvalue weighted by atomic mass is 10.0. The van der Waals surface area contributed by atoms with Crippen LogP contribution < -0.4 is 0 Å². The molecule has 0 unspecified atom stereocenters. The van der Waals surface area contributed by atoms with Gasteiger partial charge in [0.15, 0.2) is 27.0 Å². The third-order valence-electron chi connectivity index (χ3n) is 5.75. The standard InChI is InChI=1S/C26H19FN2O5S/c27-21-16-35(32,33)25-20(15-19-13-7-8-14-28-19)24(30)29(25)22(21)26(31)34-23(17-9-3-1-4-10-17)18-11-5-2-6-12-18/h1-15,23,25H,16H2/b20-15-/t25-/m1/s1. The molecule has 5 rings (SSSR count). The van der Waals surface area contributed by atoms with E-state index in [9.17, 15) is 18.0 Å². The van der Waals surface area contributed by atoms with Crippen LogP contribution in [0.5, 0.6) is 0 Å². The number of nitrogens with zero attached hydrogens (tertiary/aromatic N) is 2. The molecule has 0 radical (unpaired) electrons. The Morgan fingerprint density at radius 1 is 1.00 bits per heavy atom. The van der Waals surface area contributed by atoms with Crippen LogP contribution in [-0.4, -0.2) is 41.3 Å². The Kier molecular flexibility index (Phi) is 5.78. The van der Waals surface area contributed by atoms with E-state index in [1.54, 1.807) is 78.9 Å². The molecule has 35 heavy (non-hydrogen) atoms. The number of hydrogen-bond donors (Lipinski definition) is 0. The van der Waals surface area contributed by atoms with Gasteiger partial charge in [-0.1, -0.05) is 66.7 Å². The van der Waals surface area contributed by atoms with Crippen LogP contribution >= 0.6 is 0 Å². The third kappa shape index (κ3) is 4.15. The van der Waals surface area contributed by atoms with E-state index in [-0.39, 0.29) is 5.57 Å². The molecule has 2 aromatic carbocycles. The van der Waals surface area contributed by atoms with E-state index in [0.717, 1.165) is 0 Å². The summed E-state index contributed by atoms with van der Waals surface area (Å²) in [6.07, 6.45) is 1.95. The van der Waals surface area contributed by atoms with Crippen molar-refractivity contribution in [2.45, 2.75) is 11.5 Å². The Morgan fingerprint density at radius 3 is 2.17 bits per heavy atom. The van der Waals surface area contributed by atoms with Gasteiger partial charge in [0, 0.05) is 6.20 Å². The Bertz CT molecular complexity index is 1420.